The van der Waals surface area contributed by atoms with Crippen molar-refractivity contribution in [2.45, 2.75) is 25.6 Å². The molecule has 0 atom stereocenters. The zero-order valence-corrected chi connectivity index (χ0v) is 18.2. The maximum Gasteiger partial charge on any atom is 0.417 e. The summed E-state index contributed by atoms with van der Waals surface area (Å²) >= 11 is 3.30. The maximum absolute atomic E-state index is 13.5. The Kier molecular flexibility index (Phi) is 5.83. The summed E-state index contributed by atoms with van der Waals surface area (Å²) in [7, 11) is 1.49. The normalized spacial score (nSPS) is 12.1. The molecule has 0 aliphatic rings. The molecule has 3 rings (SSSR count). The highest BCUT2D eigenvalue weighted by Crippen LogP contribution is 2.38. The molecule has 31 heavy (non-hydrogen) atoms. The van der Waals surface area contributed by atoms with E-state index in [0.29, 0.717) is 16.3 Å². The monoisotopic (exact) mass is 500 g/mol. The Bertz CT molecular complexity index is 1160. The van der Waals surface area contributed by atoms with E-state index in [4.69, 9.17) is 10.5 Å². The minimum Gasteiger partial charge on any atom is -0.479 e. The number of hydrogen-bond donors (Lipinski definition) is 1. The van der Waals surface area contributed by atoms with Gasteiger partial charge in [-0.05, 0) is 66.2 Å². The number of rotatable bonds is 5. The van der Waals surface area contributed by atoms with Gasteiger partial charge in [0, 0.05) is 18.2 Å². The molecule has 0 radical (unpaired) electrons. The summed E-state index contributed by atoms with van der Waals surface area (Å²) in [4.78, 5) is 11.3. The van der Waals surface area contributed by atoms with E-state index in [1.54, 1.807) is 13.8 Å². The molecule has 164 valence electrons. The highest BCUT2D eigenvalue weighted by molar-refractivity contribution is 9.10. The van der Waals surface area contributed by atoms with E-state index in [2.05, 4.69) is 26.1 Å². The van der Waals surface area contributed by atoms with Crippen LogP contribution in [0.1, 0.15) is 35.6 Å². The van der Waals surface area contributed by atoms with Crippen molar-refractivity contribution >= 4 is 21.8 Å². The average molecular weight is 501 g/mol. The first-order valence-corrected chi connectivity index (χ1v) is 9.66. The van der Waals surface area contributed by atoms with Gasteiger partial charge in [-0.3, -0.25) is 4.79 Å². The second-order valence-electron chi connectivity index (χ2n) is 7.22. The topological polar surface area (TPSA) is 83.0 Å². The van der Waals surface area contributed by atoms with Crippen molar-refractivity contribution in [2.75, 3.05) is 0 Å². The van der Waals surface area contributed by atoms with Crippen LogP contribution >= 0.6 is 15.9 Å². The number of aromatic nitrogens is 3. The second kappa shape index (κ2) is 7.95. The molecule has 1 heterocycles. The molecular formula is C20H17BrF4N4O2. The molecule has 0 saturated heterocycles. The Hall–Kier alpha value is -2.95. The fourth-order valence-corrected chi connectivity index (χ4v) is 3.55. The molecule has 0 aliphatic carbocycles. The molecule has 1 aromatic heterocycles. The quantitative estimate of drug-likeness (QED) is 0.509. The van der Waals surface area contributed by atoms with Crippen molar-refractivity contribution in [1.82, 2.24) is 14.8 Å². The molecule has 3 aromatic rings. The van der Waals surface area contributed by atoms with Gasteiger partial charge in [0.05, 0.1) is 10.0 Å². The van der Waals surface area contributed by atoms with Crippen molar-refractivity contribution in [3.63, 3.8) is 0 Å². The van der Waals surface area contributed by atoms with Gasteiger partial charge in [-0.2, -0.15) is 13.2 Å². The molecule has 0 bridgehead atoms. The van der Waals surface area contributed by atoms with Crippen LogP contribution in [0.25, 0.3) is 11.4 Å². The minimum absolute atomic E-state index is 0.0952. The van der Waals surface area contributed by atoms with E-state index in [0.717, 1.165) is 12.1 Å². The van der Waals surface area contributed by atoms with Gasteiger partial charge in [-0.1, -0.05) is 0 Å². The Balaban J connectivity index is 2.01. The summed E-state index contributed by atoms with van der Waals surface area (Å²) in [5.74, 6) is -1.12. The summed E-state index contributed by atoms with van der Waals surface area (Å²) in [6.07, 6.45) is -4.78. The summed E-state index contributed by atoms with van der Waals surface area (Å²) in [5, 5.41) is 7.91. The summed E-state index contributed by atoms with van der Waals surface area (Å²) in [6, 6.07) is 6.86. The van der Waals surface area contributed by atoms with Crippen molar-refractivity contribution < 1.29 is 27.1 Å². The number of carbonyl (C=O) groups excluding carboxylic acids is 1. The first-order valence-electron chi connectivity index (χ1n) is 8.86. The van der Waals surface area contributed by atoms with Gasteiger partial charge in [0.15, 0.2) is 17.2 Å². The lowest BCUT2D eigenvalue weighted by atomic mass is 10.1. The number of nitrogens with zero attached hydrogens (tertiary/aromatic N) is 3. The van der Waals surface area contributed by atoms with E-state index in [9.17, 15) is 22.4 Å². The third-order valence-corrected chi connectivity index (χ3v) is 5.14. The standard InChI is InChI=1S/C20H17BrF4N4O2/c1-19(2,31-15-7-4-10(16(26)30)8-14(15)21)18-28-27-17(29(18)3)12-6-5-11(22)9-13(12)20(23,24)25/h4-9H,1-3H3,(H2,26,30). The zero-order chi connectivity index (χ0) is 23.1. The first-order chi connectivity index (χ1) is 14.3. The summed E-state index contributed by atoms with van der Waals surface area (Å²) in [6.45, 7) is 3.31. The highest BCUT2D eigenvalue weighted by Gasteiger charge is 2.37. The predicted octanol–water partition coefficient (Wildman–Crippen LogP) is 4.82. The molecule has 0 spiro atoms. The van der Waals surface area contributed by atoms with Crippen molar-refractivity contribution in [3.8, 4) is 17.1 Å². The highest BCUT2D eigenvalue weighted by atomic mass is 79.9. The molecule has 0 fully saturated rings. The predicted molar refractivity (Wildman–Crippen MR) is 108 cm³/mol. The van der Waals surface area contributed by atoms with Crippen LogP contribution in [-0.4, -0.2) is 20.7 Å². The lowest BCUT2D eigenvalue weighted by Gasteiger charge is -2.26. The minimum atomic E-state index is -4.78. The van der Waals surface area contributed by atoms with Gasteiger partial charge >= 0.3 is 6.18 Å². The van der Waals surface area contributed by atoms with Crippen LogP contribution in [0, 0.1) is 5.82 Å². The van der Waals surface area contributed by atoms with Gasteiger partial charge in [0.25, 0.3) is 0 Å². The van der Waals surface area contributed by atoms with Gasteiger partial charge in [-0.15, -0.1) is 10.2 Å². The zero-order valence-electron chi connectivity index (χ0n) is 16.6. The number of amides is 1. The summed E-state index contributed by atoms with van der Waals surface area (Å²) < 4.78 is 61.5. The van der Waals surface area contributed by atoms with Crippen molar-refractivity contribution in [3.05, 3.63) is 63.6 Å². The summed E-state index contributed by atoms with van der Waals surface area (Å²) in [5.41, 5.74) is 2.94. The van der Waals surface area contributed by atoms with E-state index < -0.39 is 29.1 Å². The van der Waals surface area contributed by atoms with E-state index in [-0.39, 0.29) is 22.8 Å². The Morgan fingerprint density at radius 3 is 2.39 bits per heavy atom. The van der Waals surface area contributed by atoms with Crippen molar-refractivity contribution in [2.24, 2.45) is 12.8 Å². The molecule has 2 N–H and O–H groups in total. The van der Waals surface area contributed by atoms with Gasteiger partial charge in [-0.25, -0.2) is 4.39 Å². The Morgan fingerprint density at radius 2 is 1.81 bits per heavy atom. The SMILES string of the molecule is Cn1c(-c2ccc(F)cc2C(F)(F)F)nnc1C(C)(C)Oc1ccc(C(N)=O)cc1Br. The maximum atomic E-state index is 13.5. The number of primary amides is 1. The number of carbonyl (C=O) groups is 1. The lowest BCUT2D eigenvalue weighted by Crippen LogP contribution is -2.29. The van der Waals surface area contributed by atoms with Crippen molar-refractivity contribution in [1.29, 1.82) is 0 Å². The Labute approximate surface area is 183 Å². The van der Waals surface area contributed by atoms with Crippen LogP contribution in [0.3, 0.4) is 0 Å². The largest absolute Gasteiger partial charge is 0.479 e. The molecule has 6 nitrogen and oxygen atoms in total. The van der Waals surface area contributed by atoms with Crippen LogP contribution in [-0.2, 0) is 18.8 Å². The van der Waals surface area contributed by atoms with Crippen LogP contribution in [0.4, 0.5) is 17.6 Å². The van der Waals surface area contributed by atoms with Crippen LogP contribution in [0.5, 0.6) is 5.75 Å². The third kappa shape index (κ3) is 4.55. The molecular weight excluding hydrogens is 484 g/mol. The number of alkyl halides is 3. The van der Waals surface area contributed by atoms with E-state index >= 15 is 0 Å². The number of nitrogens with two attached hydrogens (primary N) is 1. The number of benzene rings is 2. The fourth-order valence-electron chi connectivity index (χ4n) is 3.09. The number of halogens is 5. The number of ether oxygens (including phenoxy) is 1. The average Bonchev–Trinajstić information content (AvgIpc) is 3.04. The van der Waals surface area contributed by atoms with Crippen LogP contribution in [0.2, 0.25) is 0 Å². The van der Waals surface area contributed by atoms with Crippen LogP contribution < -0.4 is 10.5 Å². The second-order valence-corrected chi connectivity index (χ2v) is 8.07. The molecule has 2 aromatic carbocycles. The first kappa shape index (κ1) is 22.7. The lowest BCUT2D eigenvalue weighted by molar-refractivity contribution is -0.137. The van der Waals surface area contributed by atoms with Gasteiger partial charge < -0.3 is 15.0 Å². The Morgan fingerprint density at radius 1 is 1.13 bits per heavy atom. The third-order valence-electron chi connectivity index (χ3n) is 4.52. The van der Waals surface area contributed by atoms with E-state index in [1.807, 2.05) is 0 Å². The molecule has 0 saturated carbocycles. The molecule has 1 amide bonds. The smallest absolute Gasteiger partial charge is 0.417 e. The molecule has 0 unspecified atom stereocenters. The van der Waals surface area contributed by atoms with Crippen LogP contribution in [0.15, 0.2) is 40.9 Å². The fraction of sp³-hybridized carbons (Fsp3) is 0.250. The van der Waals surface area contributed by atoms with Gasteiger partial charge in [0.2, 0.25) is 5.91 Å². The van der Waals surface area contributed by atoms with Gasteiger partial charge in [0.1, 0.15) is 11.6 Å². The molecule has 11 heteroatoms. The van der Waals surface area contributed by atoms with E-state index in [1.165, 1.54) is 29.8 Å². The molecule has 0 aliphatic heterocycles. The number of hydrogen-bond acceptors (Lipinski definition) is 4.